The van der Waals surface area contributed by atoms with E-state index in [1.54, 1.807) is 4.88 Å². The minimum Gasteiger partial charge on any atom is -0.309 e. The van der Waals surface area contributed by atoms with Crippen molar-refractivity contribution in [3.05, 3.63) is 21.9 Å². The normalized spacial score (nSPS) is 20.7. The largest absolute Gasteiger partial charge is 0.309 e. The first-order valence-corrected chi connectivity index (χ1v) is 9.22. The van der Waals surface area contributed by atoms with Gasteiger partial charge in [0.15, 0.2) is 0 Å². The molecule has 0 atom stereocenters. The standard InChI is InChI=1S/C17H28N2S/c1-2-19(15-6-4-3-5-7-15)13-17-11-10-16(20-17)12-18-14-8-9-14/h10-11,14-15,18H,2-9,12-13H2,1H3. The molecular formula is C17H28N2S. The average molecular weight is 292 g/mol. The molecule has 2 nitrogen and oxygen atoms in total. The Bertz CT molecular complexity index is 405. The molecule has 0 bridgehead atoms. The third-order valence-electron chi connectivity index (χ3n) is 4.72. The van der Waals surface area contributed by atoms with Gasteiger partial charge in [-0.15, -0.1) is 11.3 Å². The predicted molar refractivity (Wildman–Crippen MR) is 87.1 cm³/mol. The number of thiophene rings is 1. The highest BCUT2D eigenvalue weighted by Gasteiger charge is 2.21. The fraction of sp³-hybridized carbons (Fsp3) is 0.765. The van der Waals surface area contributed by atoms with Crippen LogP contribution in [0.3, 0.4) is 0 Å². The van der Waals surface area contributed by atoms with E-state index in [1.807, 2.05) is 11.3 Å². The van der Waals surface area contributed by atoms with Gasteiger partial charge in [0, 0.05) is 34.9 Å². The third kappa shape index (κ3) is 4.06. The van der Waals surface area contributed by atoms with Crippen LogP contribution in [0.4, 0.5) is 0 Å². The predicted octanol–water partition coefficient (Wildman–Crippen LogP) is 4.15. The SMILES string of the molecule is CCN(Cc1ccc(CNC2CC2)s1)C1CCCCC1. The number of hydrogen-bond acceptors (Lipinski definition) is 3. The van der Waals surface area contributed by atoms with Crippen LogP contribution in [0.2, 0.25) is 0 Å². The second kappa shape index (κ2) is 7.06. The molecule has 1 N–H and O–H groups in total. The summed E-state index contributed by atoms with van der Waals surface area (Å²) in [4.78, 5) is 5.75. The molecule has 3 heteroatoms. The van der Waals surface area contributed by atoms with Crippen LogP contribution in [0.1, 0.15) is 61.6 Å². The Morgan fingerprint density at radius 3 is 2.55 bits per heavy atom. The van der Waals surface area contributed by atoms with Crippen LogP contribution < -0.4 is 5.32 Å². The molecule has 2 aliphatic rings. The van der Waals surface area contributed by atoms with E-state index in [0.717, 1.165) is 25.2 Å². The molecule has 20 heavy (non-hydrogen) atoms. The van der Waals surface area contributed by atoms with E-state index < -0.39 is 0 Å². The van der Waals surface area contributed by atoms with Gasteiger partial charge in [0.1, 0.15) is 0 Å². The summed E-state index contributed by atoms with van der Waals surface area (Å²) in [5.74, 6) is 0. The fourth-order valence-electron chi connectivity index (χ4n) is 3.28. The summed E-state index contributed by atoms with van der Waals surface area (Å²) in [6.45, 7) is 5.75. The Hall–Kier alpha value is -0.380. The molecule has 3 rings (SSSR count). The molecule has 0 radical (unpaired) electrons. The van der Waals surface area contributed by atoms with Crippen molar-refractivity contribution < 1.29 is 0 Å². The number of nitrogens with zero attached hydrogens (tertiary/aromatic N) is 1. The van der Waals surface area contributed by atoms with Gasteiger partial charge in [-0.3, -0.25) is 4.90 Å². The topological polar surface area (TPSA) is 15.3 Å². The summed E-state index contributed by atoms with van der Waals surface area (Å²) in [5, 5.41) is 3.61. The van der Waals surface area contributed by atoms with Crippen LogP contribution in [-0.4, -0.2) is 23.5 Å². The van der Waals surface area contributed by atoms with E-state index in [4.69, 9.17) is 0 Å². The van der Waals surface area contributed by atoms with Gasteiger partial charge in [-0.2, -0.15) is 0 Å². The molecule has 0 unspecified atom stereocenters. The molecule has 0 saturated heterocycles. The van der Waals surface area contributed by atoms with E-state index in [0.29, 0.717) is 0 Å². The molecule has 0 aromatic carbocycles. The Morgan fingerprint density at radius 2 is 1.85 bits per heavy atom. The maximum Gasteiger partial charge on any atom is 0.0330 e. The second-order valence-corrected chi connectivity index (χ2v) is 7.63. The maximum absolute atomic E-state index is 3.61. The van der Waals surface area contributed by atoms with Crippen molar-refractivity contribution in [1.29, 1.82) is 0 Å². The van der Waals surface area contributed by atoms with Gasteiger partial charge in [0.25, 0.3) is 0 Å². The Kier molecular flexibility index (Phi) is 5.14. The average Bonchev–Trinajstić information content (AvgIpc) is 3.22. The van der Waals surface area contributed by atoms with Crippen LogP contribution in [-0.2, 0) is 13.1 Å². The molecule has 0 spiro atoms. The lowest BCUT2D eigenvalue weighted by Crippen LogP contribution is -2.35. The fourth-order valence-corrected chi connectivity index (χ4v) is 4.27. The van der Waals surface area contributed by atoms with Crippen LogP contribution in [0.15, 0.2) is 12.1 Å². The monoisotopic (exact) mass is 292 g/mol. The summed E-state index contributed by atoms with van der Waals surface area (Å²) in [7, 11) is 0. The minimum absolute atomic E-state index is 0.815. The highest BCUT2D eigenvalue weighted by Crippen LogP contribution is 2.26. The summed E-state index contributed by atoms with van der Waals surface area (Å²) < 4.78 is 0. The molecular weight excluding hydrogens is 264 g/mol. The van der Waals surface area contributed by atoms with Gasteiger partial charge in [-0.1, -0.05) is 26.2 Å². The van der Waals surface area contributed by atoms with E-state index in [-0.39, 0.29) is 0 Å². The van der Waals surface area contributed by atoms with Crippen LogP contribution >= 0.6 is 11.3 Å². The zero-order chi connectivity index (χ0) is 13.8. The highest BCUT2D eigenvalue weighted by atomic mass is 32.1. The van der Waals surface area contributed by atoms with E-state index in [9.17, 15) is 0 Å². The van der Waals surface area contributed by atoms with E-state index in [1.165, 1.54) is 56.4 Å². The van der Waals surface area contributed by atoms with Gasteiger partial charge in [-0.25, -0.2) is 0 Å². The molecule has 1 aromatic heterocycles. The van der Waals surface area contributed by atoms with Crippen molar-refractivity contribution in [2.45, 2.75) is 77.0 Å². The van der Waals surface area contributed by atoms with E-state index in [2.05, 4.69) is 29.3 Å². The summed E-state index contributed by atoms with van der Waals surface area (Å²) in [5.41, 5.74) is 0. The lowest BCUT2D eigenvalue weighted by atomic mass is 9.94. The first-order chi connectivity index (χ1) is 9.85. The van der Waals surface area contributed by atoms with Crippen molar-refractivity contribution >= 4 is 11.3 Å². The summed E-state index contributed by atoms with van der Waals surface area (Å²) in [6.07, 6.45) is 9.89. The molecule has 2 aliphatic carbocycles. The van der Waals surface area contributed by atoms with Crippen molar-refractivity contribution in [2.24, 2.45) is 0 Å². The van der Waals surface area contributed by atoms with Gasteiger partial charge in [-0.05, 0) is 44.4 Å². The van der Waals surface area contributed by atoms with Crippen molar-refractivity contribution in [1.82, 2.24) is 10.2 Å². The van der Waals surface area contributed by atoms with Gasteiger partial charge < -0.3 is 5.32 Å². The van der Waals surface area contributed by atoms with Crippen molar-refractivity contribution in [2.75, 3.05) is 6.54 Å². The third-order valence-corrected chi connectivity index (χ3v) is 5.79. The van der Waals surface area contributed by atoms with Gasteiger partial charge in [0.2, 0.25) is 0 Å². The molecule has 2 fully saturated rings. The second-order valence-electron chi connectivity index (χ2n) is 6.38. The van der Waals surface area contributed by atoms with Crippen LogP contribution in [0.5, 0.6) is 0 Å². The highest BCUT2D eigenvalue weighted by molar-refractivity contribution is 7.11. The van der Waals surface area contributed by atoms with Gasteiger partial charge >= 0.3 is 0 Å². The van der Waals surface area contributed by atoms with Gasteiger partial charge in [0.05, 0.1) is 0 Å². The lowest BCUT2D eigenvalue weighted by molar-refractivity contribution is 0.157. The van der Waals surface area contributed by atoms with Crippen molar-refractivity contribution in [3.63, 3.8) is 0 Å². The first-order valence-electron chi connectivity index (χ1n) is 8.40. The Morgan fingerprint density at radius 1 is 1.10 bits per heavy atom. The molecule has 0 aliphatic heterocycles. The Labute approximate surface area is 127 Å². The van der Waals surface area contributed by atoms with Crippen LogP contribution in [0.25, 0.3) is 0 Å². The number of hydrogen-bond donors (Lipinski definition) is 1. The molecule has 1 heterocycles. The smallest absolute Gasteiger partial charge is 0.0330 e. The summed E-state index contributed by atoms with van der Waals surface area (Å²) >= 11 is 2.01. The molecule has 1 aromatic rings. The molecule has 0 amide bonds. The summed E-state index contributed by atoms with van der Waals surface area (Å²) in [6, 6.07) is 6.32. The minimum atomic E-state index is 0.815. The first kappa shape index (κ1) is 14.6. The van der Waals surface area contributed by atoms with Crippen molar-refractivity contribution in [3.8, 4) is 0 Å². The molecule has 112 valence electrons. The number of rotatable bonds is 7. The zero-order valence-electron chi connectivity index (χ0n) is 12.7. The van der Waals surface area contributed by atoms with Crippen LogP contribution in [0, 0.1) is 0 Å². The maximum atomic E-state index is 3.61. The number of nitrogens with one attached hydrogen (secondary N) is 1. The zero-order valence-corrected chi connectivity index (χ0v) is 13.6. The molecule has 2 saturated carbocycles. The Balaban J connectivity index is 1.51. The lowest BCUT2D eigenvalue weighted by Gasteiger charge is -2.33. The quantitative estimate of drug-likeness (QED) is 0.812. The van der Waals surface area contributed by atoms with E-state index >= 15 is 0 Å².